The van der Waals surface area contributed by atoms with E-state index in [0.29, 0.717) is 5.33 Å². The van der Waals surface area contributed by atoms with Crippen molar-refractivity contribution in [1.82, 2.24) is 0 Å². The van der Waals surface area contributed by atoms with Gasteiger partial charge in [-0.2, -0.15) is 0 Å². The molecular weight excluding hydrogens is 248 g/mol. The first-order valence-corrected chi connectivity index (χ1v) is 6.02. The molecule has 0 aliphatic heterocycles. The summed E-state index contributed by atoms with van der Waals surface area (Å²) < 4.78 is 1.27. The molecule has 1 aromatic carbocycles. The maximum absolute atomic E-state index is 9.58. The van der Waals surface area contributed by atoms with Gasteiger partial charge >= 0.3 is 0 Å². The van der Waals surface area contributed by atoms with Gasteiger partial charge in [0.05, 0.1) is 6.10 Å². The Morgan fingerprint density at radius 2 is 2.23 bits per heavy atom. The average Bonchev–Trinajstić information content (AvgIpc) is 2.63. The van der Waals surface area contributed by atoms with Crippen molar-refractivity contribution in [3.05, 3.63) is 35.2 Å². The van der Waals surface area contributed by atoms with Crippen LogP contribution < -0.4 is 0 Å². The highest BCUT2D eigenvalue weighted by atomic mass is 79.9. The molecule has 0 aliphatic carbocycles. The Morgan fingerprint density at radius 3 is 3.00 bits per heavy atom. The van der Waals surface area contributed by atoms with Crippen LogP contribution in [0.25, 0.3) is 10.1 Å². The first kappa shape index (κ1) is 9.19. The van der Waals surface area contributed by atoms with Crippen LogP contribution in [0.15, 0.2) is 29.6 Å². The molecule has 1 aromatic heterocycles. The lowest BCUT2D eigenvalue weighted by Gasteiger charge is -2.06. The molecule has 0 unspecified atom stereocenters. The molecule has 1 heterocycles. The van der Waals surface area contributed by atoms with E-state index in [1.807, 2.05) is 12.1 Å². The topological polar surface area (TPSA) is 20.2 Å². The monoisotopic (exact) mass is 256 g/mol. The van der Waals surface area contributed by atoms with E-state index in [-0.39, 0.29) is 0 Å². The second-order valence-corrected chi connectivity index (χ2v) is 4.48. The Kier molecular flexibility index (Phi) is 2.67. The van der Waals surface area contributed by atoms with Gasteiger partial charge in [0.25, 0.3) is 0 Å². The number of thiophene rings is 1. The number of hydrogen-bond donors (Lipinski definition) is 1. The van der Waals surface area contributed by atoms with Crippen LogP contribution >= 0.6 is 27.3 Å². The molecule has 0 spiro atoms. The molecular formula is C10H9BrOS. The van der Waals surface area contributed by atoms with E-state index >= 15 is 0 Å². The summed E-state index contributed by atoms with van der Waals surface area (Å²) in [6.45, 7) is 0. The summed E-state index contributed by atoms with van der Waals surface area (Å²) in [4.78, 5) is 0. The normalized spacial score (nSPS) is 13.4. The molecule has 2 rings (SSSR count). The zero-order valence-corrected chi connectivity index (χ0v) is 9.31. The molecule has 0 radical (unpaired) electrons. The third-order valence-corrected chi connectivity index (χ3v) is 3.52. The van der Waals surface area contributed by atoms with Gasteiger partial charge < -0.3 is 5.11 Å². The summed E-state index contributed by atoms with van der Waals surface area (Å²) in [6, 6.07) is 8.15. The van der Waals surface area contributed by atoms with Gasteiger partial charge in [-0.15, -0.1) is 11.3 Å². The minimum Gasteiger partial charge on any atom is -0.388 e. The first-order valence-electron chi connectivity index (χ1n) is 4.02. The Bertz CT molecular complexity index is 410. The lowest BCUT2D eigenvalue weighted by atomic mass is 10.1. The van der Waals surface area contributed by atoms with Crippen molar-refractivity contribution in [2.24, 2.45) is 0 Å². The van der Waals surface area contributed by atoms with Gasteiger partial charge in [-0.1, -0.05) is 22.0 Å². The highest BCUT2D eigenvalue weighted by Gasteiger charge is 2.05. The SMILES string of the molecule is O[C@@H](CBr)c1ccc2sccc2c1. The maximum atomic E-state index is 9.58. The molecule has 0 saturated heterocycles. The van der Waals surface area contributed by atoms with Crippen LogP contribution in [-0.4, -0.2) is 10.4 Å². The predicted octanol–water partition coefficient (Wildman–Crippen LogP) is 3.33. The van der Waals surface area contributed by atoms with Gasteiger partial charge in [0.2, 0.25) is 0 Å². The number of rotatable bonds is 2. The molecule has 3 heteroatoms. The summed E-state index contributed by atoms with van der Waals surface area (Å²) in [6.07, 6.45) is -0.399. The van der Waals surface area contributed by atoms with Crippen LogP contribution in [0, 0.1) is 0 Å². The third kappa shape index (κ3) is 1.77. The number of aliphatic hydroxyl groups excluding tert-OH is 1. The van der Waals surface area contributed by atoms with Crippen molar-refractivity contribution in [1.29, 1.82) is 0 Å². The summed E-state index contributed by atoms with van der Waals surface area (Å²) >= 11 is 4.98. The first-order chi connectivity index (χ1) is 6.31. The summed E-state index contributed by atoms with van der Waals surface area (Å²) in [5.74, 6) is 0. The molecule has 0 bridgehead atoms. The van der Waals surface area contributed by atoms with E-state index in [1.165, 1.54) is 10.1 Å². The summed E-state index contributed by atoms with van der Waals surface area (Å²) in [5.41, 5.74) is 0.975. The number of halogens is 1. The smallest absolute Gasteiger partial charge is 0.0887 e. The van der Waals surface area contributed by atoms with Crippen LogP contribution in [0.4, 0.5) is 0 Å². The number of hydrogen-bond acceptors (Lipinski definition) is 2. The van der Waals surface area contributed by atoms with E-state index in [0.717, 1.165) is 5.56 Å². The minimum atomic E-state index is -0.399. The lowest BCUT2D eigenvalue weighted by molar-refractivity contribution is 0.205. The fourth-order valence-corrected chi connectivity index (χ4v) is 2.43. The van der Waals surface area contributed by atoms with Crippen molar-refractivity contribution in [2.75, 3.05) is 5.33 Å². The van der Waals surface area contributed by atoms with Gasteiger partial charge in [0, 0.05) is 10.0 Å². The highest BCUT2D eigenvalue weighted by Crippen LogP contribution is 2.25. The second kappa shape index (κ2) is 3.78. The van der Waals surface area contributed by atoms with E-state index in [2.05, 4.69) is 33.4 Å². The fraction of sp³-hybridized carbons (Fsp3) is 0.200. The van der Waals surface area contributed by atoms with E-state index < -0.39 is 6.10 Å². The lowest BCUT2D eigenvalue weighted by Crippen LogP contribution is -1.96. The number of benzene rings is 1. The number of aliphatic hydroxyl groups is 1. The fourth-order valence-electron chi connectivity index (χ4n) is 1.28. The van der Waals surface area contributed by atoms with Gasteiger partial charge in [-0.3, -0.25) is 0 Å². The molecule has 0 amide bonds. The van der Waals surface area contributed by atoms with Crippen LogP contribution in [0.2, 0.25) is 0 Å². The van der Waals surface area contributed by atoms with Crippen molar-refractivity contribution in [3.8, 4) is 0 Å². The third-order valence-electron chi connectivity index (χ3n) is 2.01. The molecule has 0 fully saturated rings. The molecule has 0 aliphatic rings. The van der Waals surface area contributed by atoms with Crippen molar-refractivity contribution in [2.45, 2.75) is 6.10 Å². The summed E-state index contributed by atoms with van der Waals surface area (Å²) in [7, 11) is 0. The number of alkyl halides is 1. The van der Waals surface area contributed by atoms with Crippen LogP contribution in [0.5, 0.6) is 0 Å². The van der Waals surface area contributed by atoms with Crippen LogP contribution in [0.3, 0.4) is 0 Å². The van der Waals surface area contributed by atoms with Gasteiger partial charge in [-0.25, -0.2) is 0 Å². The van der Waals surface area contributed by atoms with Gasteiger partial charge in [-0.05, 0) is 34.5 Å². The van der Waals surface area contributed by atoms with Crippen LogP contribution in [0.1, 0.15) is 11.7 Å². The quantitative estimate of drug-likeness (QED) is 0.818. The molecule has 68 valence electrons. The zero-order valence-electron chi connectivity index (χ0n) is 6.90. The average molecular weight is 257 g/mol. The van der Waals surface area contributed by atoms with Crippen LogP contribution in [-0.2, 0) is 0 Å². The molecule has 1 nitrogen and oxygen atoms in total. The maximum Gasteiger partial charge on any atom is 0.0887 e. The Balaban J connectivity index is 2.48. The highest BCUT2D eigenvalue weighted by molar-refractivity contribution is 9.09. The Morgan fingerprint density at radius 1 is 1.38 bits per heavy atom. The van der Waals surface area contributed by atoms with Gasteiger partial charge in [0.15, 0.2) is 0 Å². The van der Waals surface area contributed by atoms with E-state index in [4.69, 9.17) is 0 Å². The second-order valence-electron chi connectivity index (χ2n) is 2.89. The van der Waals surface area contributed by atoms with Gasteiger partial charge in [0.1, 0.15) is 0 Å². The standard InChI is InChI=1S/C10H9BrOS/c11-6-9(12)7-1-2-10-8(5-7)3-4-13-10/h1-5,9,12H,6H2/t9-/m0/s1. The Labute approximate surface area is 89.1 Å². The Hall–Kier alpha value is -0.380. The molecule has 1 N–H and O–H groups in total. The summed E-state index contributed by atoms with van der Waals surface area (Å²) in [5, 5.41) is 13.4. The van der Waals surface area contributed by atoms with E-state index in [1.54, 1.807) is 11.3 Å². The minimum absolute atomic E-state index is 0.399. The van der Waals surface area contributed by atoms with Crippen molar-refractivity contribution >= 4 is 37.4 Å². The number of fused-ring (bicyclic) bond motifs is 1. The largest absolute Gasteiger partial charge is 0.388 e. The molecule has 13 heavy (non-hydrogen) atoms. The molecule has 0 saturated carbocycles. The van der Waals surface area contributed by atoms with E-state index in [9.17, 15) is 5.11 Å². The van der Waals surface area contributed by atoms with Crippen molar-refractivity contribution < 1.29 is 5.11 Å². The zero-order chi connectivity index (χ0) is 9.26. The predicted molar refractivity (Wildman–Crippen MR) is 60.6 cm³/mol. The molecule has 2 aromatic rings. The molecule has 1 atom stereocenters. The van der Waals surface area contributed by atoms with Crippen molar-refractivity contribution in [3.63, 3.8) is 0 Å².